The lowest BCUT2D eigenvalue weighted by Crippen LogP contribution is -2.38. The third-order valence-corrected chi connectivity index (χ3v) is 6.05. The summed E-state index contributed by atoms with van der Waals surface area (Å²) >= 11 is 12.1. The van der Waals surface area contributed by atoms with E-state index in [0.29, 0.717) is 33.7 Å². The lowest BCUT2D eigenvalue weighted by molar-refractivity contribution is 0.0630. The summed E-state index contributed by atoms with van der Waals surface area (Å²) in [7, 11) is 1.66. The van der Waals surface area contributed by atoms with Gasteiger partial charge in [-0.3, -0.25) is 4.79 Å². The van der Waals surface area contributed by atoms with Crippen molar-refractivity contribution in [3.8, 4) is 16.9 Å². The molecule has 1 aliphatic heterocycles. The maximum atomic E-state index is 12.9. The second-order valence-corrected chi connectivity index (χ2v) is 8.11. The molecule has 0 aliphatic carbocycles. The summed E-state index contributed by atoms with van der Waals surface area (Å²) in [5.41, 5.74) is 9.09. The molecule has 6 nitrogen and oxygen atoms in total. The molecule has 1 saturated heterocycles. The number of benzene rings is 2. The Balaban J connectivity index is 1.56. The van der Waals surface area contributed by atoms with E-state index >= 15 is 0 Å². The van der Waals surface area contributed by atoms with Crippen LogP contribution in [-0.2, 0) is 4.74 Å². The molecule has 1 amide bonds. The van der Waals surface area contributed by atoms with Crippen molar-refractivity contribution < 1.29 is 9.53 Å². The van der Waals surface area contributed by atoms with Crippen LogP contribution < -0.4 is 5.73 Å². The zero-order valence-electron chi connectivity index (χ0n) is 16.5. The number of amides is 1. The van der Waals surface area contributed by atoms with Gasteiger partial charge < -0.3 is 15.4 Å². The fourth-order valence-corrected chi connectivity index (χ4v) is 4.08. The second-order valence-electron chi connectivity index (χ2n) is 7.29. The van der Waals surface area contributed by atoms with Gasteiger partial charge in [0.25, 0.3) is 5.91 Å². The number of anilines is 1. The molecule has 3 aromatic rings. The van der Waals surface area contributed by atoms with Gasteiger partial charge in [-0.25, -0.2) is 4.68 Å². The number of halogens is 2. The van der Waals surface area contributed by atoms with Crippen LogP contribution in [0.1, 0.15) is 23.2 Å². The first-order valence-corrected chi connectivity index (χ1v) is 10.4. The van der Waals surface area contributed by atoms with E-state index in [1.54, 1.807) is 42.1 Å². The van der Waals surface area contributed by atoms with Crippen molar-refractivity contribution in [2.24, 2.45) is 0 Å². The van der Waals surface area contributed by atoms with Crippen LogP contribution in [0.4, 0.5) is 5.82 Å². The van der Waals surface area contributed by atoms with E-state index in [9.17, 15) is 4.79 Å². The maximum absolute atomic E-state index is 12.9. The first-order chi connectivity index (χ1) is 14.5. The topological polar surface area (TPSA) is 73.4 Å². The molecule has 0 radical (unpaired) electrons. The normalized spacial score (nSPS) is 16.2. The maximum Gasteiger partial charge on any atom is 0.254 e. The van der Waals surface area contributed by atoms with Gasteiger partial charge in [0.2, 0.25) is 0 Å². The molecule has 2 heterocycles. The molecule has 0 unspecified atom stereocenters. The fourth-order valence-electron chi connectivity index (χ4n) is 3.78. The second kappa shape index (κ2) is 8.68. The molecule has 4 rings (SSSR count). The molecule has 1 atom stereocenters. The zero-order chi connectivity index (χ0) is 21.3. The number of nitrogen functional groups attached to an aromatic ring is 1. The standard InChI is InChI=1S/C22H22Cl2N4O2/c1-30-13-17-3-2-10-27(17)22(29)14-4-7-16(8-5-14)28-21(25)12-20(26-28)15-6-9-18(23)19(24)11-15/h4-9,11-12,17H,2-3,10,13,25H2,1H3/t17-/m0/s1. The Morgan fingerprint density at radius 1 is 1.17 bits per heavy atom. The van der Waals surface area contributed by atoms with Crippen LogP contribution in [0.25, 0.3) is 16.9 Å². The number of nitrogens with zero attached hydrogens (tertiary/aromatic N) is 3. The van der Waals surface area contributed by atoms with E-state index < -0.39 is 0 Å². The predicted octanol–water partition coefficient (Wildman–Crippen LogP) is 4.68. The molecule has 1 fully saturated rings. The summed E-state index contributed by atoms with van der Waals surface area (Å²) < 4.78 is 6.88. The van der Waals surface area contributed by atoms with Crippen LogP contribution >= 0.6 is 23.2 Å². The summed E-state index contributed by atoms with van der Waals surface area (Å²) in [6.07, 6.45) is 1.97. The Morgan fingerprint density at radius 2 is 1.93 bits per heavy atom. The highest BCUT2D eigenvalue weighted by atomic mass is 35.5. The largest absolute Gasteiger partial charge is 0.384 e. The van der Waals surface area contributed by atoms with Gasteiger partial charge in [0.05, 0.1) is 34.1 Å². The highest BCUT2D eigenvalue weighted by molar-refractivity contribution is 6.42. The van der Waals surface area contributed by atoms with Gasteiger partial charge in [0.15, 0.2) is 0 Å². The minimum Gasteiger partial charge on any atom is -0.384 e. The average molecular weight is 445 g/mol. The molecule has 0 saturated carbocycles. The molecule has 156 valence electrons. The van der Waals surface area contributed by atoms with Crippen molar-refractivity contribution in [2.45, 2.75) is 18.9 Å². The van der Waals surface area contributed by atoms with Gasteiger partial charge in [0.1, 0.15) is 5.82 Å². The van der Waals surface area contributed by atoms with Gasteiger partial charge in [-0.1, -0.05) is 29.3 Å². The molecule has 30 heavy (non-hydrogen) atoms. The summed E-state index contributed by atoms with van der Waals surface area (Å²) in [4.78, 5) is 14.8. The van der Waals surface area contributed by atoms with Crippen LogP contribution in [0, 0.1) is 0 Å². The first-order valence-electron chi connectivity index (χ1n) is 9.69. The SMILES string of the molecule is COC[C@@H]1CCCN1C(=O)c1ccc(-n2nc(-c3ccc(Cl)c(Cl)c3)cc2N)cc1. The number of aromatic nitrogens is 2. The number of ether oxygens (including phenoxy) is 1. The minimum absolute atomic E-state index is 0.0195. The number of carbonyl (C=O) groups is 1. The Kier molecular flexibility index (Phi) is 5.99. The van der Waals surface area contributed by atoms with Crippen molar-refractivity contribution in [1.82, 2.24) is 14.7 Å². The van der Waals surface area contributed by atoms with Crippen LogP contribution in [0.2, 0.25) is 10.0 Å². The number of methoxy groups -OCH3 is 1. The van der Waals surface area contributed by atoms with E-state index in [1.165, 1.54) is 0 Å². The van der Waals surface area contributed by atoms with Gasteiger partial charge in [0, 0.05) is 30.8 Å². The molecule has 2 N–H and O–H groups in total. The highest BCUT2D eigenvalue weighted by Gasteiger charge is 2.29. The van der Waals surface area contributed by atoms with E-state index in [1.807, 2.05) is 23.1 Å². The summed E-state index contributed by atoms with van der Waals surface area (Å²) in [6.45, 7) is 1.32. The van der Waals surface area contributed by atoms with Crippen molar-refractivity contribution in [3.63, 3.8) is 0 Å². The number of carbonyl (C=O) groups excluding carboxylic acids is 1. The molecule has 1 aliphatic rings. The van der Waals surface area contributed by atoms with Crippen molar-refractivity contribution >= 4 is 34.9 Å². The molecule has 2 aromatic carbocycles. The van der Waals surface area contributed by atoms with Crippen molar-refractivity contribution in [2.75, 3.05) is 26.0 Å². The Hall–Kier alpha value is -2.54. The van der Waals surface area contributed by atoms with Gasteiger partial charge in [-0.05, 0) is 49.2 Å². The van der Waals surface area contributed by atoms with Crippen molar-refractivity contribution in [1.29, 1.82) is 0 Å². The van der Waals surface area contributed by atoms with Gasteiger partial charge in [-0.15, -0.1) is 0 Å². The number of rotatable bonds is 5. The van der Waals surface area contributed by atoms with Crippen LogP contribution in [0.5, 0.6) is 0 Å². The van der Waals surface area contributed by atoms with Crippen LogP contribution in [0.15, 0.2) is 48.5 Å². The Morgan fingerprint density at radius 3 is 2.63 bits per heavy atom. The number of hydrogen-bond donors (Lipinski definition) is 1. The molecular weight excluding hydrogens is 423 g/mol. The smallest absolute Gasteiger partial charge is 0.254 e. The number of nitrogens with two attached hydrogens (primary N) is 1. The molecular formula is C22H22Cl2N4O2. The monoisotopic (exact) mass is 444 g/mol. The van der Waals surface area contributed by atoms with Crippen LogP contribution in [0.3, 0.4) is 0 Å². The Labute approximate surface area is 185 Å². The van der Waals surface area contributed by atoms with E-state index in [4.69, 9.17) is 33.7 Å². The number of hydrogen-bond acceptors (Lipinski definition) is 4. The summed E-state index contributed by atoms with van der Waals surface area (Å²) in [5, 5.41) is 5.53. The third kappa shape index (κ3) is 4.03. The average Bonchev–Trinajstić information content (AvgIpc) is 3.36. The molecule has 8 heteroatoms. The summed E-state index contributed by atoms with van der Waals surface area (Å²) in [6, 6.07) is 14.5. The van der Waals surface area contributed by atoms with E-state index in [-0.39, 0.29) is 11.9 Å². The zero-order valence-corrected chi connectivity index (χ0v) is 18.0. The van der Waals surface area contributed by atoms with Gasteiger partial charge >= 0.3 is 0 Å². The lowest BCUT2D eigenvalue weighted by atomic mass is 10.1. The van der Waals surface area contributed by atoms with E-state index in [0.717, 1.165) is 30.6 Å². The van der Waals surface area contributed by atoms with Crippen molar-refractivity contribution in [3.05, 3.63) is 64.1 Å². The predicted molar refractivity (Wildman–Crippen MR) is 119 cm³/mol. The molecule has 1 aromatic heterocycles. The first kappa shape index (κ1) is 20.7. The molecule has 0 bridgehead atoms. The third-order valence-electron chi connectivity index (χ3n) is 5.31. The van der Waals surface area contributed by atoms with Gasteiger partial charge in [-0.2, -0.15) is 5.10 Å². The number of likely N-dealkylation sites (tertiary alicyclic amines) is 1. The van der Waals surface area contributed by atoms with Crippen LogP contribution in [-0.4, -0.2) is 46.9 Å². The highest BCUT2D eigenvalue weighted by Crippen LogP contribution is 2.29. The van der Waals surface area contributed by atoms with E-state index in [2.05, 4.69) is 5.10 Å². The lowest BCUT2D eigenvalue weighted by Gasteiger charge is -2.24. The Bertz CT molecular complexity index is 1070. The fraction of sp³-hybridized carbons (Fsp3) is 0.273. The molecule has 0 spiro atoms. The quantitative estimate of drug-likeness (QED) is 0.619. The minimum atomic E-state index is 0.0195. The summed E-state index contributed by atoms with van der Waals surface area (Å²) in [5.74, 6) is 0.501.